The maximum Gasteiger partial charge on any atom is 0.543 e. The first-order valence-electron chi connectivity index (χ1n) is 6.50. The molecule has 0 aliphatic rings. The van der Waals surface area contributed by atoms with Gasteiger partial charge in [0, 0.05) is 33.0 Å². The molecule has 8 heteroatoms. The van der Waals surface area contributed by atoms with E-state index in [-0.39, 0.29) is 5.97 Å². The maximum atomic E-state index is 11.1. The van der Waals surface area contributed by atoms with Gasteiger partial charge in [0.1, 0.15) is 0 Å². The SMILES string of the molecule is C=C(C)C(=O)OC.C=CC(=O)OC(CC)[Si](OC)(OC)OC. The van der Waals surface area contributed by atoms with Crippen LogP contribution in [0, 0.1) is 0 Å². The Morgan fingerprint density at radius 3 is 1.77 bits per heavy atom. The number of esters is 2. The summed E-state index contributed by atoms with van der Waals surface area (Å²) < 4.78 is 25.0. The standard InChI is InChI=1S/C9H18O5Si.C5H8O2/c1-6-8(10)14-9(7-2)15(11-3,12-4)13-5;1-4(2)5(6)7-3/h6,9H,1,7H2,2-5H3;1H2,2-3H3. The van der Waals surface area contributed by atoms with Crippen LogP contribution in [0.4, 0.5) is 0 Å². The van der Waals surface area contributed by atoms with Gasteiger partial charge in [0.2, 0.25) is 0 Å². The lowest BCUT2D eigenvalue weighted by molar-refractivity contribution is -0.142. The van der Waals surface area contributed by atoms with Crippen LogP contribution in [0.2, 0.25) is 0 Å². The van der Waals surface area contributed by atoms with Crippen molar-refractivity contribution in [3.8, 4) is 0 Å². The van der Waals surface area contributed by atoms with Crippen LogP contribution in [0.1, 0.15) is 20.3 Å². The van der Waals surface area contributed by atoms with Gasteiger partial charge in [-0.25, -0.2) is 9.59 Å². The van der Waals surface area contributed by atoms with E-state index >= 15 is 0 Å². The average molecular weight is 334 g/mol. The molecule has 0 saturated heterocycles. The lowest BCUT2D eigenvalue weighted by Crippen LogP contribution is -2.55. The summed E-state index contributed by atoms with van der Waals surface area (Å²) >= 11 is 0. The summed E-state index contributed by atoms with van der Waals surface area (Å²) in [4.78, 5) is 21.3. The van der Waals surface area contributed by atoms with Crippen LogP contribution in [0.3, 0.4) is 0 Å². The van der Waals surface area contributed by atoms with Gasteiger partial charge in [-0.1, -0.05) is 20.1 Å². The first-order chi connectivity index (χ1) is 10.3. The predicted octanol–water partition coefficient (Wildman–Crippen LogP) is 1.65. The van der Waals surface area contributed by atoms with Gasteiger partial charge in [-0.3, -0.25) is 0 Å². The van der Waals surface area contributed by atoms with Crippen molar-refractivity contribution in [2.75, 3.05) is 28.4 Å². The van der Waals surface area contributed by atoms with Gasteiger partial charge in [-0.05, 0) is 13.3 Å². The van der Waals surface area contributed by atoms with E-state index in [0.29, 0.717) is 12.0 Å². The number of ether oxygens (including phenoxy) is 2. The molecule has 0 fully saturated rings. The average Bonchev–Trinajstić information content (AvgIpc) is 2.54. The summed E-state index contributed by atoms with van der Waals surface area (Å²) in [6.07, 6.45) is 1.66. The third-order valence-corrected chi connectivity index (χ3v) is 5.60. The zero-order valence-electron chi connectivity index (χ0n) is 14.1. The zero-order chi connectivity index (χ0) is 17.8. The van der Waals surface area contributed by atoms with Crippen molar-refractivity contribution in [3.63, 3.8) is 0 Å². The molecule has 0 aromatic rings. The first-order valence-corrected chi connectivity index (χ1v) is 8.30. The van der Waals surface area contributed by atoms with E-state index in [9.17, 15) is 9.59 Å². The van der Waals surface area contributed by atoms with Crippen LogP contribution in [0.25, 0.3) is 0 Å². The minimum Gasteiger partial charge on any atom is -0.466 e. The van der Waals surface area contributed by atoms with Gasteiger partial charge in [0.05, 0.1) is 7.11 Å². The number of methoxy groups -OCH3 is 1. The number of hydrogen-bond acceptors (Lipinski definition) is 7. The van der Waals surface area contributed by atoms with Crippen molar-refractivity contribution in [2.45, 2.75) is 26.0 Å². The number of hydrogen-bond donors (Lipinski definition) is 0. The Morgan fingerprint density at radius 2 is 1.59 bits per heavy atom. The molecule has 0 aliphatic heterocycles. The summed E-state index contributed by atoms with van der Waals surface area (Å²) in [5.41, 5.74) is -0.0782. The van der Waals surface area contributed by atoms with Gasteiger partial charge in [0.15, 0.2) is 5.73 Å². The highest BCUT2D eigenvalue weighted by molar-refractivity contribution is 6.62. The maximum absolute atomic E-state index is 11.1. The molecule has 128 valence electrons. The molecule has 0 heterocycles. The smallest absolute Gasteiger partial charge is 0.466 e. The fraction of sp³-hybridized carbons (Fsp3) is 0.571. The minimum atomic E-state index is -2.92. The molecule has 7 nitrogen and oxygen atoms in total. The van der Waals surface area contributed by atoms with E-state index in [1.54, 1.807) is 6.92 Å². The molecule has 0 spiro atoms. The van der Waals surface area contributed by atoms with Gasteiger partial charge >= 0.3 is 20.7 Å². The molecule has 0 aliphatic carbocycles. The van der Waals surface area contributed by atoms with Crippen LogP contribution in [-0.4, -0.2) is 54.9 Å². The minimum absolute atomic E-state index is 0.347. The summed E-state index contributed by atoms with van der Waals surface area (Å²) in [6.45, 7) is 10.1. The third-order valence-electron chi connectivity index (χ3n) is 2.58. The van der Waals surface area contributed by atoms with Gasteiger partial charge in [-0.2, -0.15) is 0 Å². The molecule has 1 unspecified atom stereocenters. The van der Waals surface area contributed by atoms with Crippen molar-refractivity contribution >= 4 is 20.7 Å². The summed E-state index contributed by atoms with van der Waals surface area (Å²) in [6, 6.07) is 0. The number of carbonyl (C=O) groups excluding carboxylic acids is 2. The molecule has 0 rings (SSSR count). The van der Waals surface area contributed by atoms with Crippen LogP contribution >= 0.6 is 0 Å². The number of rotatable bonds is 8. The van der Waals surface area contributed by atoms with Gasteiger partial charge in [-0.15, -0.1) is 0 Å². The molecular formula is C14H26O7Si. The normalized spacial score (nSPS) is 11.5. The first kappa shape index (κ1) is 22.8. The monoisotopic (exact) mass is 334 g/mol. The highest BCUT2D eigenvalue weighted by Crippen LogP contribution is 2.18. The summed E-state index contributed by atoms with van der Waals surface area (Å²) in [5, 5.41) is 0. The molecule has 0 N–H and O–H groups in total. The molecule has 22 heavy (non-hydrogen) atoms. The van der Waals surface area contributed by atoms with E-state index in [1.807, 2.05) is 6.92 Å². The van der Waals surface area contributed by atoms with Crippen molar-refractivity contribution in [1.82, 2.24) is 0 Å². The Kier molecular flexibility index (Phi) is 12.5. The van der Waals surface area contributed by atoms with E-state index in [2.05, 4.69) is 17.9 Å². The van der Waals surface area contributed by atoms with E-state index in [0.717, 1.165) is 6.08 Å². The van der Waals surface area contributed by atoms with Crippen molar-refractivity contribution in [3.05, 3.63) is 24.8 Å². The Morgan fingerprint density at radius 1 is 1.14 bits per heavy atom. The quantitative estimate of drug-likeness (QED) is 0.379. The molecular weight excluding hydrogens is 308 g/mol. The molecule has 0 amide bonds. The highest BCUT2D eigenvalue weighted by Gasteiger charge is 2.49. The molecule has 0 saturated carbocycles. The Balaban J connectivity index is 0. The Labute approximate surface area is 133 Å². The lowest BCUT2D eigenvalue weighted by Gasteiger charge is -2.30. The van der Waals surface area contributed by atoms with Gasteiger partial charge < -0.3 is 22.8 Å². The second-order valence-electron chi connectivity index (χ2n) is 4.03. The highest BCUT2D eigenvalue weighted by atomic mass is 28.4. The predicted molar refractivity (Wildman–Crippen MR) is 84.0 cm³/mol. The Bertz CT molecular complexity index is 369. The molecule has 0 aromatic carbocycles. The second-order valence-corrected chi connectivity index (χ2v) is 7.10. The number of carbonyl (C=O) groups is 2. The topological polar surface area (TPSA) is 80.3 Å². The summed E-state index contributed by atoms with van der Waals surface area (Å²) in [5.74, 6) is -0.857. The third kappa shape index (κ3) is 7.50. The molecule has 0 bridgehead atoms. The van der Waals surface area contributed by atoms with Crippen LogP contribution in [-0.2, 0) is 32.3 Å². The zero-order valence-corrected chi connectivity index (χ0v) is 15.1. The fourth-order valence-electron chi connectivity index (χ4n) is 1.41. The lowest BCUT2D eigenvalue weighted by atomic mass is 10.4. The molecule has 0 aromatic heterocycles. The Hall–Kier alpha value is -1.48. The van der Waals surface area contributed by atoms with Crippen molar-refractivity contribution in [2.24, 2.45) is 0 Å². The summed E-state index contributed by atoms with van der Waals surface area (Å²) in [7, 11) is 2.84. The fourth-order valence-corrected chi connectivity index (χ4v) is 3.46. The van der Waals surface area contributed by atoms with Crippen LogP contribution in [0.15, 0.2) is 24.8 Å². The molecule has 0 radical (unpaired) electrons. The second kappa shape index (κ2) is 12.1. The molecule has 1 atom stereocenters. The van der Waals surface area contributed by atoms with Crippen molar-refractivity contribution in [1.29, 1.82) is 0 Å². The van der Waals surface area contributed by atoms with Crippen molar-refractivity contribution < 1.29 is 32.3 Å². The van der Waals surface area contributed by atoms with Gasteiger partial charge in [0.25, 0.3) is 0 Å². The van der Waals surface area contributed by atoms with Crippen LogP contribution in [0.5, 0.6) is 0 Å². The van der Waals surface area contributed by atoms with E-state index in [1.165, 1.54) is 28.4 Å². The van der Waals surface area contributed by atoms with Crippen LogP contribution < -0.4 is 0 Å². The largest absolute Gasteiger partial charge is 0.543 e. The van der Waals surface area contributed by atoms with E-state index in [4.69, 9.17) is 18.0 Å². The van der Waals surface area contributed by atoms with E-state index < -0.39 is 20.5 Å².